The van der Waals surface area contributed by atoms with Crippen molar-refractivity contribution in [1.82, 2.24) is 10.4 Å². The van der Waals surface area contributed by atoms with Crippen LogP contribution in [0.4, 0.5) is 5.69 Å². The van der Waals surface area contributed by atoms with E-state index in [4.69, 9.17) is 10.6 Å². The minimum absolute atomic E-state index is 0.403. The summed E-state index contributed by atoms with van der Waals surface area (Å²) in [5, 5.41) is 1.63. The van der Waals surface area contributed by atoms with Gasteiger partial charge in [0.2, 0.25) is 6.41 Å². The first-order valence-corrected chi connectivity index (χ1v) is 6.67. The van der Waals surface area contributed by atoms with E-state index in [9.17, 15) is 0 Å². The number of amides is 1. The number of hydrogen-bond donors (Lipinski definition) is 3. The predicted molar refractivity (Wildman–Crippen MR) is 90.3 cm³/mol. The SMILES string of the molecule is Cc1cccc(N(C)N)c1/C=C/c1ccccn1.NNC=O. The van der Waals surface area contributed by atoms with Gasteiger partial charge in [-0.25, -0.2) is 11.7 Å². The molecule has 0 aliphatic carbocycles. The van der Waals surface area contributed by atoms with Crippen molar-refractivity contribution in [2.45, 2.75) is 6.92 Å². The van der Waals surface area contributed by atoms with E-state index < -0.39 is 0 Å². The Morgan fingerprint density at radius 1 is 1.18 bits per heavy atom. The molecular weight excluding hydrogens is 278 g/mol. The highest BCUT2D eigenvalue weighted by Crippen LogP contribution is 2.23. The zero-order valence-corrected chi connectivity index (χ0v) is 12.7. The van der Waals surface area contributed by atoms with Gasteiger partial charge in [-0.15, -0.1) is 0 Å². The number of carbonyl (C=O) groups is 1. The molecule has 1 amide bonds. The first-order valence-electron chi connectivity index (χ1n) is 6.67. The van der Waals surface area contributed by atoms with Crippen molar-refractivity contribution < 1.29 is 4.79 Å². The number of nitrogens with one attached hydrogen (secondary N) is 1. The lowest BCUT2D eigenvalue weighted by atomic mass is 10.1. The summed E-state index contributed by atoms with van der Waals surface area (Å²) in [7, 11) is 1.84. The molecule has 1 aromatic carbocycles. The average molecular weight is 299 g/mol. The molecule has 0 radical (unpaired) electrons. The van der Waals surface area contributed by atoms with Gasteiger partial charge in [-0.2, -0.15) is 0 Å². The second-order valence-corrected chi connectivity index (χ2v) is 4.49. The number of carbonyl (C=O) groups excluding carboxylic acids is 1. The second-order valence-electron chi connectivity index (χ2n) is 4.49. The fraction of sp³-hybridized carbons (Fsp3) is 0.125. The van der Waals surface area contributed by atoms with Gasteiger partial charge in [0.15, 0.2) is 0 Å². The fourth-order valence-corrected chi connectivity index (χ4v) is 1.83. The molecule has 0 saturated carbocycles. The average Bonchev–Trinajstić information content (AvgIpc) is 2.54. The number of pyridine rings is 1. The Morgan fingerprint density at radius 3 is 2.45 bits per heavy atom. The topological polar surface area (TPSA) is 97.3 Å². The van der Waals surface area contributed by atoms with Crippen LogP contribution >= 0.6 is 0 Å². The van der Waals surface area contributed by atoms with Gasteiger partial charge in [0, 0.05) is 18.8 Å². The molecule has 2 aromatic rings. The lowest BCUT2D eigenvalue weighted by molar-refractivity contribution is -0.109. The standard InChI is InChI=1S/C15H17N3.CH4N2O/c1-12-6-5-8-15(18(2)16)14(12)10-9-13-7-3-4-11-17-13;2-3-1-4/h3-11H,16H2,1-2H3;1H,2H2,(H,3,4)/b10-9+;. The van der Waals surface area contributed by atoms with E-state index >= 15 is 0 Å². The molecule has 0 fully saturated rings. The van der Waals surface area contributed by atoms with Crippen molar-refractivity contribution in [1.29, 1.82) is 0 Å². The molecule has 0 saturated heterocycles. The molecule has 0 aliphatic rings. The first kappa shape index (κ1) is 17.4. The number of aromatic nitrogens is 1. The van der Waals surface area contributed by atoms with Gasteiger partial charge in [-0.05, 0) is 36.8 Å². The molecule has 5 N–H and O–H groups in total. The monoisotopic (exact) mass is 299 g/mol. The Labute approximate surface area is 130 Å². The molecule has 0 bridgehead atoms. The normalized spacial score (nSPS) is 9.82. The third kappa shape index (κ3) is 5.35. The summed E-state index contributed by atoms with van der Waals surface area (Å²) in [6, 6.07) is 11.9. The predicted octanol–water partition coefficient (Wildman–Crippen LogP) is 1.48. The van der Waals surface area contributed by atoms with Crippen LogP contribution in [0.3, 0.4) is 0 Å². The van der Waals surface area contributed by atoms with E-state index in [-0.39, 0.29) is 0 Å². The van der Waals surface area contributed by atoms with Gasteiger partial charge in [0.25, 0.3) is 0 Å². The summed E-state index contributed by atoms with van der Waals surface area (Å²) in [6.45, 7) is 2.07. The maximum Gasteiger partial charge on any atom is 0.221 e. The zero-order chi connectivity index (χ0) is 16.4. The van der Waals surface area contributed by atoms with Gasteiger partial charge in [-0.1, -0.05) is 24.3 Å². The third-order valence-corrected chi connectivity index (χ3v) is 2.86. The Morgan fingerprint density at radius 2 is 1.91 bits per heavy atom. The van der Waals surface area contributed by atoms with Crippen LogP contribution in [0.5, 0.6) is 0 Å². The molecule has 0 unspecified atom stereocenters. The van der Waals surface area contributed by atoms with Gasteiger partial charge < -0.3 is 5.01 Å². The van der Waals surface area contributed by atoms with E-state index in [2.05, 4.69) is 29.9 Å². The van der Waals surface area contributed by atoms with E-state index in [1.165, 1.54) is 5.56 Å². The van der Waals surface area contributed by atoms with Crippen molar-refractivity contribution in [3.8, 4) is 0 Å². The number of anilines is 1. The van der Waals surface area contributed by atoms with E-state index in [0.717, 1.165) is 16.9 Å². The summed E-state index contributed by atoms with van der Waals surface area (Å²) in [6.07, 6.45) is 6.24. The molecule has 2 rings (SSSR count). The number of rotatable bonds is 4. The van der Waals surface area contributed by atoms with Gasteiger partial charge in [0.05, 0.1) is 11.4 Å². The van der Waals surface area contributed by atoms with Crippen LogP contribution in [0, 0.1) is 6.92 Å². The number of nitrogens with two attached hydrogens (primary N) is 2. The second kappa shape index (κ2) is 9.28. The van der Waals surface area contributed by atoms with Gasteiger partial charge in [-0.3, -0.25) is 15.2 Å². The number of benzene rings is 1. The Balaban J connectivity index is 0.000000541. The lowest BCUT2D eigenvalue weighted by Crippen LogP contribution is -2.25. The van der Waals surface area contributed by atoms with Crippen LogP contribution in [-0.2, 0) is 4.79 Å². The quantitative estimate of drug-likeness (QED) is 0.344. The molecular formula is C16H21N5O. The molecule has 6 nitrogen and oxygen atoms in total. The molecule has 0 atom stereocenters. The maximum absolute atomic E-state index is 8.94. The lowest BCUT2D eigenvalue weighted by Gasteiger charge is -2.16. The van der Waals surface area contributed by atoms with E-state index in [1.54, 1.807) is 16.6 Å². The molecule has 116 valence electrons. The van der Waals surface area contributed by atoms with Crippen LogP contribution in [-0.4, -0.2) is 18.4 Å². The van der Waals surface area contributed by atoms with Crippen LogP contribution in [0.2, 0.25) is 0 Å². The molecule has 22 heavy (non-hydrogen) atoms. The van der Waals surface area contributed by atoms with Crippen LogP contribution < -0.4 is 22.1 Å². The van der Waals surface area contributed by atoms with Crippen molar-refractivity contribution in [2.24, 2.45) is 11.7 Å². The minimum atomic E-state index is 0.403. The molecule has 1 aromatic heterocycles. The zero-order valence-electron chi connectivity index (χ0n) is 12.7. The van der Waals surface area contributed by atoms with Crippen molar-refractivity contribution in [3.63, 3.8) is 0 Å². The van der Waals surface area contributed by atoms with Gasteiger partial charge in [0.1, 0.15) is 0 Å². The summed E-state index contributed by atoms with van der Waals surface area (Å²) in [5.74, 6) is 10.2. The minimum Gasteiger partial charge on any atom is -0.314 e. The number of hydrazine groups is 2. The van der Waals surface area contributed by atoms with E-state index in [0.29, 0.717) is 6.41 Å². The third-order valence-electron chi connectivity index (χ3n) is 2.86. The summed E-state index contributed by atoms with van der Waals surface area (Å²) in [4.78, 5) is 13.2. The Hall–Kier alpha value is -2.70. The molecule has 6 heteroatoms. The summed E-state index contributed by atoms with van der Waals surface area (Å²) in [5.41, 5.74) is 6.00. The summed E-state index contributed by atoms with van der Waals surface area (Å²) < 4.78 is 0. The number of aryl methyl sites for hydroxylation is 1. The highest BCUT2D eigenvalue weighted by molar-refractivity contribution is 5.77. The fourth-order valence-electron chi connectivity index (χ4n) is 1.83. The smallest absolute Gasteiger partial charge is 0.221 e. The Kier molecular flexibility index (Phi) is 7.32. The van der Waals surface area contributed by atoms with Crippen molar-refractivity contribution >= 4 is 24.2 Å². The highest BCUT2D eigenvalue weighted by Gasteiger charge is 2.04. The Bertz CT molecular complexity index is 611. The van der Waals surface area contributed by atoms with Crippen LogP contribution in [0.25, 0.3) is 12.2 Å². The molecule has 1 heterocycles. The van der Waals surface area contributed by atoms with Crippen LogP contribution in [0.15, 0.2) is 42.6 Å². The molecule has 0 aliphatic heterocycles. The first-order chi connectivity index (χ1) is 10.6. The highest BCUT2D eigenvalue weighted by atomic mass is 16.1. The van der Waals surface area contributed by atoms with E-state index in [1.807, 2.05) is 43.5 Å². The van der Waals surface area contributed by atoms with Gasteiger partial charge >= 0.3 is 0 Å². The number of hydrogen-bond acceptors (Lipinski definition) is 5. The molecule has 0 spiro atoms. The number of nitrogens with zero attached hydrogens (tertiary/aromatic N) is 2. The van der Waals surface area contributed by atoms with Crippen molar-refractivity contribution in [3.05, 3.63) is 59.4 Å². The largest absolute Gasteiger partial charge is 0.314 e. The summed E-state index contributed by atoms with van der Waals surface area (Å²) >= 11 is 0. The maximum atomic E-state index is 8.94. The van der Waals surface area contributed by atoms with Crippen LogP contribution in [0.1, 0.15) is 16.8 Å². The van der Waals surface area contributed by atoms with Crippen molar-refractivity contribution in [2.75, 3.05) is 12.1 Å².